The zero-order chi connectivity index (χ0) is 13.8. The van der Waals surface area contributed by atoms with E-state index in [-0.39, 0.29) is 0 Å². The number of rotatable bonds is 5. The molecule has 0 aliphatic heterocycles. The Morgan fingerprint density at radius 3 is 2.60 bits per heavy atom. The van der Waals surface area contributed by atoms with E-state index in [9.17, 15) is 0 Å². The molecule has 2 aromatic carbocycles. The van der Waals surface area contributed by atoms with Crippen LogP contribution in [0, 0.1) is 0 Å². The highest BCUT2D eigenvalue weighted by atomic mass is 16.5. The number of benzene rings is 2. The lowest BCUT2D eigenvalue weighted by molar-refractivity contribution is -0.686. The fourth-order valence-corrected chi connectivity index (χ4v) is 2.46. The molecule has 0 saturated carbocycles. The van der Waals surface area contributed by atoms with Gasteiger partial charge in [-0.25, -0.2) is 0 Å². The van der Waals surface area contributed by atoms with Crippen LogP contribution in [0.15, 0.2) is 54.7 Å². The molecule has 0 bridgehead atoms. The second-order valence-electron chi connectivity index (χ2n) is 4.90. The molecule has 3 nitrogen and oxygen atoms in total. The Labute approximate surface area is 118 Å². The molecule has 3 rings (SSSR count). The first-order chi connectivity index (χ1) is 9.86. The van der Waals surface area contributed by atoms with Crippen molar-refractivity contribution in [3.63, 3.8) is 0 Å². The van der Waals surface area contributed by atoms with E-state index < -0.39 is 0 Å². The summed E-state index contributed by atoms with van der Waals surface area (Å²) in [6, 6.07) is 16.7. The topological polar surface area (TPSA) is 41.6 Å². The van der Waals surface area contributed by atoms with Gasteiger partial charge in [0, 0.05) is 28.2 Å². The average Bonchev–Trinajstić information content (AvgIpc) is 2.92. The number of methoxy groups -OCH3 is 1. The third kappa shape index (κ3) is 2.68. The van der Waals surface area contributed by atoms with Gasteiger partial charge in [0.25, 0.3) is 0 Å². The summed E-state index contributed by atoms with van der Waals surface area (Å²) in [5, 5.41) is 3.63. The van der Waals surface area contributed by atoms with E-state index in [4.69, 9.17) is 4.74 Å². The Morgan fingerprint density at radius 1 is 1.00 bits per heavy atom. The lowest BCUT2D eigenvalue weighted by atomic mass is 10.1. The zero-order valence-corrected chi connectivity index (χ0v) is 11.6. The molecule has 3 aromatic rings. The van der Waals surface area contributed by atoms with Gasteiger partial charge >= 0.3 is 0 Å². The van der Waals surface area contributed by atoms with Gasteiger partial charge in [-0.15, -0.1) is 0 Å². The van der Waals surface area contributed by atoms with Gasteiger partial charge in [0.05, 0.1) is 7.11 Å². The van der Waals surface area contributed by atoms with E-state index in [1.165, 1.54) is 22.0 Å². The largest absolute Gasteiger partial charge is 0.497 e. The van der Waals surface area contributed by atoms with E-state index in [2.05, 4.69) is 52.9 Å². The van der Waals surface area contributed by atoms with Crippen LogP contribution in [0.3, 0.4) is 0 Å². The number of aromatic amines is 1. The summed E-state index contributed by atoms with van der Waals surface area (Å²) < 4.78 is 5.17. The van der Waals surface area contributed by atoms with Gasteiger partial charge in [-0.05, 0) is 30.3 Å². The Hall–Kier alpha value is -2.26. The first-order valence-electron chi connectivity index (χ1n) is 6.86. The second kappa shape index (κ2) is 5.80. The lowest BCUT2D eigenvalue weighted by Gasteiger charge is -2.03. The smallest absolute Gasteiger partial charge is 0.118 e. The van der Waals surface area contributed by atoms with Crippen LogP contribution in [0.1, 0.15) is 11.1 Å². The van der Waals surface area contributed by atoms with Crippen molar-refractivity contribution in [3.05, 3.63) is 65.9 Å². The normalized spacial score (nSPS) is 10.8. The van der Waals surface area contributed by atoms with Crippen LogP contribution < -0.4 is 10.1 Å². The fraction of sp³-hybridized carbons (Fsp3) is 0.176. The molecule has 0 saturated heterocycles. The number of ether oxygens (including phenoxy) is 1. The number of para-hydroxylation sites is 1. The number of nitrogens with two attached hydrogens (primary N) is 1. The molecular weight excluding hydrogens is 248 g/mol. The predicted molar refractivity (Wildman–Crippen MR) is 80.6 cm³/mol. The van der Waals surface area contributed by atoms with Crippen molar-refractivity contribution in [1.82, 2.24) is 4.98 Å². The monoisotopic (exact) mass is 267 g/mol. The number of hydrogen-bond donors (Lipinski definition) is 2. The maximum atomic E-state index is 5.17. The van der Waals surface area contributed by atoms with Gasteiger partial charge in [0.1, 0.15) is 18.8 Å². The van der Waals surface area contributed by atoms with Crippen molar-refractivity contribution in [1.29, 1.82) is 0 Å². The summed E-state index contributed by atoms with van der Waals surface area (Å²) in [7, 11) is 1.69. The fourth-order valence-electron chi connectivity index (χ4n) is 2.46. The third-order valence-electron chi connectivity index (χ3n) is 3.58. The van der Waals surface area contributed by atoms with Gasteiger partial charge in [-0.2, -0.15) is 0 Å². The van der Waals surface area contributed by atoms with E-state index in [1.54, 1.807) is 7.11 Å². The molecule has 0 fully saturated rings. The molecule has 102 valence electrons. The van der Waals surface area contributed by atoms with Gasteiger partial charge in [0.15, 0.2) is 0 Å². The van der Waals surface area contributed by atoms with Crippen LogP contribution in [0.4, 0.5) is 0 Å². The minimum absolute atomic E-state index is 0.908. The quantitative estimate of drug-likeness (QED) is 0.732. The summed E-state index contributed by atoms with van der Waals surface area (Å²) in [6.07, 6.45) is 2.11. The molecule has 3 heteroatoms. The molecule has 0 atom stereocenters. The minimum atomic E-state index is 0.908. The van der Waals surface area contributed by atoms with E-state index in [1.807, 2.05) is 12.1 Å². The minimum Gasteiger partial charge on any atom is -0.497 e. The maximum Gasteiger partial charge on any atom is 0.118 e. The van der Waals surface area contributed by atoms with Crippen molar-refractivity contribution >= 4 is 10.9 Å². The number of aromatic nitrogens is 1. The van der Waals surface area contributed by atoms with E-state index in [0.29, 0.717) is 0 Å². The Kier molecular flexibility index (Phi) is 3.70. The first-order valence-corrected chi connectivity index (χ1v) is 6.86. The summed E-state index contributed by atoms with van der Waals surface area (Å²) in [5.41, 5.74) is 3.88. The number of H-pyrrole nitrogens is 1. The van der Waals surface area contributed by atoms with E-state index >= 15 is 0 Å². The SMILES string of the molecule is COc1ccc(C[NH2+]Cc2c[nH]c3ccccc23)cc1. The number of fused-ring (bicyclic) bond motifs is 1. The molecule has 0 aliphatic carbocycles. The van der Waals surface area contributed by atoms with Crippen molar-refractivity contribution in [3.8, 4) is 5.75 Å². The van der Waals surface area contributed by atoms with Gasteiger partial charge in [-0.3, -0.25) is 0 Å². The van der Waals surface area contributed by atoms with Crippen LogP contribution in [0.25, 0.3) is 10.9 Å². The summed E-state index contributed by atoms with van der Waals surface area (Å²) >= 11 is 0. The Morgan fingerprint density at radius 2 is 1.80 bits per heavy atom. The van der Waals surface area contributed by atoms with Crippen molar-refractivity contribution < 1.29 is 10.1 Å². The second-order valence-corrected chi connectivity index (χ2v) is 4.90. The molecule has 0 unspecified atom stereocenters. The van der Waals surface area contributed by atoms with Gasteiger partial charge in [-0.1, -0.05) is 18.2 Å². The molecular formula is C17H19N2O+. The maximum absolute atomic E-state index is 5.17. The van der Waals surface area contributed by atoms with Crippen molar-refractivity contribution in [2.24, 2.45) is 0 Å². The highest BCUT2D eigenvalue weighted by Gasteiger charge is 2.04. The Balaban J connectivity index is 1.62. The van der Waals surface area contributed by atoms with Gasteiger partial charge < -0.3 is 15.0 Å². The van der Waals surface area contributed by atoms with Crippen LogP contribution in [0.2, 0.25) is 0 Å². The predicted octanol–water partition coefficient (Wildman–Crippen LogP) is 2.44. The lowest BCUT2D eigenvalue weighted by Crippen LogP contribution is -2.80. The summed E-state index contributed by atoms with van der Waals surface area (Å²) in [6.45, 7) is 1.96. The van der Waals surface area contributed by atoms with Crippen LogP contribution >= 0.6 is 0 Å². The third-order valence-corrected chi connectivity index (χ3v) is 3.58. The Bertz CT molecular complexity index is 686. The standard InChI is InChI=1S/C17H18N2O/c1-20-15-8-6-13(7-9-15)10-18-11-14-12-19-17-5-3-2-4-16(14)17/h2-9,12,18-19H,10-11H2,1H3/p+1. The average molecular weight is 267 g/mol. The van der Waals surface area contributed by atoms with Crippen LogP contribution in [-0.4, -0.2) is 12.1 Å². The first kappa shape index (κ1) is 12.8. The number of quaternary nitrogens is 1. The molecule has 1 heterocycles. The van der Waals surface area contributed by atoms with Crippen molar-refractivity contribution in [2.45, 2.75) is 13.1 Å². The molecule has 0 radical (unpaired) electrons. The van der Waals surface area contributed by atoms with Crippen molar-refractivity contribution in [2.75, 3.05) is 7.11 Å². The van der Waals surface area contributed by atoms with E-state index in [0.717, 1.165) is 18.8 Å². The number of nitrogens with one attached hydrogen (secondary N) is 1. The highest BCUT2D eigenvalue weighted by molar-refractivity contribution is 5.82. The number of hydrogen-bond acceptors (Lipinski definition) is 1. The molecule has 1 aromatic heterocycles. The van der Waals surface area contributed by atoms with Crippen LogP contribution in [0.5, 0.6) is 5.75 Å². The van der Waals surface area contributed by atoms with Crippen LogP contribution in [-0.2, 0) is 13.1 Å². The zero-order valence-electron chi connectivity index (χ0n) is 11.6. The molecule has 20 heavy (non-hydrogen) atoms. The summed E-state index contributed by atoms with van der Waals surface area (Å²) in [5.74, 6) is 0.908. The molecule has 0 amide bonds. The molecule has 3 N–H and O–H groups in total. The molecule has 0 aliphatic rings. The van der Waals surface area contributed by atoms with Gasteiger partial charge in [0.2, 0.25) is 0 Å². The summed E-state index contributed by atoms with van der Waals surface area (Å²) in [4.78, 5) is 3.32. The highest BCUT2D eigenvalue weighted by Crippen LogP contribution is 2.16. The molecule has 0 spiro atoms.